The first kappa shape index (κ1) is 22.3. The number of hydrogen-bond acceptors (Lipinski definition) is 5. The van der Waals surface area contributed by atoms with Gasteiger partial charge >= 0.3 is 0 Å². The van der Waals surface area contributed by atoms with E-state index in [2.05, 4.69) is 17.2 Å². The predicted molar refractivity (Wildman–Crippen MR) is 133 cm³/mol. The summed E-state index contributed by atoms with van der Waals surface area (Å²) in [5.74, 6) is 2.65. The number of aromatic hydroxyl groups is 2. The van der Waals surface area contributed by atoms with Crippen LogP contribution in [0.25, 0.3) is 11.3 Å². The number of carbonyl (C=O) groups is 1. The van der Waals surface area contributed by atoms with Crippen molar-refractivity contribution in [2.24, 2.45) is 17.3 Å². The van der Waals surface area contributed by atoms with Crippen molar-refractivity contribution in [1.82, 2.24) is 15.0 Å². The predicted octanol–water partition coefficient (Wildman–Crippen LogP) is 5.41. The van der Waals surface area contributed by atoms with Gasteiger partial charge in [0.1, 0.15) is 23.0 Å². The van der Waals surface area contributed by atoms with Gasteiger partial charge in [0.05, 0.1) is 6.20 Å². The molecule has 0 amide bonds. The summed E-state index contributed by atoms with van der Waals surface area (Å²) in [5.41, 5.74) is 5.50. The Morgan fingerprint density at radius 1 is 1.09 bits per heavy atom. The lowest BCUT2D eigenvalue weighted by Crippen LogP contribution is -2.42. The van der Waals surface area contributed by atoms with Crippen LogP contribution in [-0.4, -0.2) is 31.0 Å². The number of phenols is 2. The van der Waals surface area contributed by atoms with E-state index in [1.165, 1.54) is 16.7 Å². The van der Waals surface area contributed by atoms with Gasteiger partial charge < -0.3 is 10.2 Å². The lowest BCUT2D eigenvalue weighted by molar-refractivity contribution is -0.129. The van der Waals surface area contributed by atoms with Crippen molar-refractivity contribution >= 4 is 5.78 Å². The van der Waals surface area contributed by atoms with Gasteiger partial charge in [0.25, 0.3) is 0 Å². The molecule has 4 atom stereocenters. The van der Waals surface area contributed by atoms with Gasteiger partial charge in [0.15, 0.2) is 0 Å². The number of fused-ring (bicyclic) bond motifs is 5. The molecule has 3 aliphatic carbocycles. The molecule has 0 saturated heterocycles. The first-order valence-electron chi connectivity index (χ1n) is 13.0. The second kappa shape index (κ2) is 8.51. The number of carbonyl (C=O) groups excluding carboxylic acids is 1. The van der Waals surface area contributed by atoms with Crippen molar-refractivity contribution < 1.29 is 15.0 Å². The largest absolute Gasteiger partial charge is 0.508 e. The maximum atomic E-state index is 12.7. The van der Waals surface area contributed by atoms with Crippen molar-refractivity contribution in [2.45, 2.75) is 70.8 Å². The third kappa shape index (κ3) is 3.83. The highest BCUT2D eigenvalue weighted by Crippen LogP contribution is 2.60. The molecule has 2 aromatic carbocycles. The van der Waals surface area contributed by atoms with Crippen LogP contribution < -0.4 is 0 Å². The van der Waals surface area contributed by atoms with E-state index in [0.29, 0.717) is 29.3 Å². The number of benzene rings is 2. The summed E-state index contributed by atoms with van der Waals surface area (Å²) in [7, 11) is 0. The summed E-state index contributed by atoms with van der Waals surface area (Å²) >= 11 is 0. The molecule has 0 spiro atoms. The fraction of sp³-hybridized carbons (Fsp3) is 0.483. The van der Waals surface area contributed by atoms with Gasteiger partial charge in [-0.3, -0.25) is 9.48 Å². The van der Waals surface area contributed by atoms with Crippen LogP contribution in [0, 0.1) is 17.3 Å². The molecular formula is C29H33N3O3. The van der Waals surface area contributed by atoms with Gasteiger partial charge in [-0.05, 0) is 104 Å². The van der Waals surface area contributed by atoms with E-state index in [1.54, 1.807) is 18.2 Å². The Balaban J connectivity index is 1.20. The third-order valence-electron chi connectivity index (χ3n) is 9.11. The van der Waals surface area contributed by atoms with Crippen LogP contribution in [0.1, 0.15) is 68.1 Å². The number of hydrogen-bond donors (Lipinski definition) is 2. The number of ketones is 1. The number of phenolic OH excluding ortho intramolecular Hbond substituents is 2. The molecule has 0 radical (unpaired) electrons. The zero-order chi connectivity index (χ0) is 24.2. The summed E-state index contributed by atoms with van der Waals surface area (Å²) in [5, 5.41) is 28.7. The smallest absolute Gasteiger partial charge is 0.139 e. The fourth-order valence-corrected chi connectivity index (χ4v) is 7.43. The first-order valence-corrected chi connectivity index (χ1v) is 13.0. The van der Waals surface area contributed by atoms with Crippen LogP contribution in [0.2, 0.25) is 0 Å². The zero-order valence-corrected chi connectivity index (χ0v) is 20.3. The van der Waals surface area contributed by atoms with E-state index in [0.717, 1.165) is 69.2 Å². The molecule has 0 aliphatic heterocycles. The molecule has 6 nitrogen and oxygen atoms in total. The van der Waals surface area contributed by atoms with Crippen LogP contribution >= 0.6 is 0 Å². The van der Waals surface area contributed by atoms with Crippen LogP contribution in [0.4, 0.5) is 0 Å². The molecule has 182 valence electrons. The summed E-state index contributed by atoms with van der Waals surface area (Å²) in [4.78, 5) is 12.7. The molecule has 6 rings (SSSR count). The molecular weight excluding hydrogens is 438 g/mol. The average molecular weight is 472 g/mol. The molecule has 2 fully saturated rings. The normalized spacial score (nSPS) is 27.3. The summed E-state index contributed by atoms with van der Waals surface area (Å²) in [6.07, 6.45) is 9.69. The number of aryl methyl sites for hydroxylation is 3. The second-order valence-electron chi connectivity index (χ2n) is 11.0. The van der Waals surface area contributed by atoms with Crippen molar-refractivity contribution in [1.29, 1.82) is 0 Å². The Bertz CT molecular complexity index is 1280. The number of aromatic nitrogens is 3. The van der Waals surface area contributed by atoms with Gasteiger partial charge in [0, 0.05) is 23.9 Å². The standard InChI is InChI=1S/C29H33N3O3/c1-29-12-11-24-23(25(29)9-10-27(29)35)8-7-20-16-22(34)15-19(28(20)24)5-3-13-32-17-26(30-31-32)18-4-2-6-21(33)14-18/h2,4,6,14-17,23-25,33-34H,3,5,7-13H2,1H3. The lowest BCUT2D eigenvalue weighted by atomic mass is 9.55. The minimum absolute atomic E-state index is 0.115. The van der Waals surface area contributed by atoms with Crippen LogP contribution in [-0.2, 0) is 24.2 Å². The molecule has 1 aromatic heterocycles. The van der Waals surface area contributed by atoms with Crippen molar-refractivity contribution in [3.63, 3.8) is 0 Å². The molecule has 4 unspecified atom stereocenters. The minimum Gasteiger partial charge on any atom is -0.508 e. The Morgan fingerprint density at radius 2 is 1.97 bits per heavy atom. The summed E-state index contributed by atoms with van der Waals surface area (Å²) in [6.45, 7) is 2.96. The van der Waals surface area contributed by atoms with Gasteiger partial charge in [0.2, 0.25) is 0 Å². The molecule has 35 heavy (non-hydrogen) atoms. The molecule has 6 heteroatoms. The Labute approximate surface area is 206 Å². The molecule has 0 bridgehead atoms. The van der Waals surface area contributed by atoms with Crippen LogP contribution in [0.3, 0.4) is 0 Å². The topological polar surface area (TPSA) is 88.2 Å². The highest BCUT2D eigenvalue weighted by molar-refractivity contribution is 5.87. The first-order chi connectivity index (χ1) is 16.9. The Hall–Kier alpha value is -3.15. The van der Waals surface area contributed by atoms with Gasteiger partial charge in [-0.15, -0.1) is 5.10 Å². The van der Waals surface area contributed by atoms with Gasteiger partial charge in [-0.1, -0.05) is 24.3 Å². The Morgan fingerprint density at radius 3 is 2.83 bits per heavy atom. The highest BCUT2D eigenvalue weighted by atomic mass is 16.3. The molecule has 3 aliphatic rings. The summed E-state index contributed by atoms with van der Waals surface area (Å²) in [6, 6.07) is 11.0. The van der Waals surface area contributed by atoms with Gasteiger partial charge in [-0.2, -0.15) is 0 Å². The van der Waals surface area contributed by atoms with Crippen LogP contribution in [0.5, 0.6) is 11.5 Å². The second-order valence-corrected chi connectivity index (χ2v) is 11.0. The number of nitrogens with zero attached hydrogens (tertiary/aromatic N) is 3. The lowest BCUT2D eigenvalue weighted by Gasteiger charge is -2.48. The quantitative estimate of drug-likeness (QED) is 0.519. The van der Waals surface area contributed by atoms with E-state index in [-0.39, 0.29) is 11.2 Å². The number of Topliss-reactive ketones (excluding diaryl/α,β-unsaturated/α-hetero) is 1. The summed E-state index contributed by atoms with van der Waals surface area (Å²) < 4.78 is 1.85. The van der Waals surface area contributed by atoms with E-state index in [1.807, 2.05) is 29.1 Å². The van der Waals surface area contributed by atoms with E-state index >= 15 is 0 Å². The van der Waals surface area contributed by atoms with Gasteiger partial charge in [-0.25, -0.2) is 0 Å². The Kier molecular flexibility index (Phi) is 5.42. The fourth-order valence-electron chi connectivity index (χ4n) is 7.43. The van der Waals surface area contributed by atoms with Crippen LogP contribution in [0.15, 0.2) is 42.6 Å². The zero-order valence-electron chi connectivity index (χ0n) is 20.3. The van der Waals surface area contributed by atoms with Crippen molar-refractivity contribution in [2.75, 3.05) is 0 Å². The third-order valence-corrected chi connectivity index (χ3v) is 9.11. The van der Waals surface area contributed by atoms with Crippen molar-refractivity contribution in [3.8, 4) is 22.8 Å². The molecule has 1 heterocycles. The van der Waals surface area contributed by atoms with Crippen molar-refractivity contribution in [3.05, 3.63) is 59.3 Å². The average Bonchev–Trinajstić information content (AvgIpc) is 3.43. The van der Waals surface area contributed by atoms with E-state index in [9.17, 15) is 15.0 Å². The monoisotopic (exact) mass is 471 g/mol. The maximum Gasteiger partial charge on any atom is 0.139 e. The van der Waals surface area contributed by atoms with E-state index in [4.69, 9.17) is 0 Å². The maximum absolute atomic E-state index is 12.7. The minimum atomic E-state index is -0.115. The molecule has 2 saturated carbocycles. The molecule has 3 aromatic rings. The van der Waals surface area contributed by atoms with E-state index < -0.39 is 0 Å². The SMILES string of the molecule is CC12CCC3c4c(CCCn5cc(-c6cccc(O)c6)nn5)cc(O)cc4CCC3C1CCC2=O. The molecule has 2 N–H and O–H groups in total. The highest BCUT2D eigenvalue weighted by Gasteiger charge is 2.54. The number of rotatable bonds is 5.